The molecule has 0 spiro atoms. The van der Waals surface area contributed by atoms with Crippen molar-refractivity contribution in [2.75, 3.05) is 4.90 Å². The largest absolute Gasteiger partial charge is 0.440 e. The van der Waals surface area contributed by atoms with E-state index < -0.39 is 0 Å². The summed E-state index contributed by atoms with van der Waals surface area (Å²) in [4.78, 5) is 13.0. The third-order valence-electron chi connectivity index (χ3n) is 11.4. The Kier molecular flexibility index (Phi) is 7.85. The van der Waals surface area contributed by atoms with Gasteiger partial charge in [-0.15, -0.1) is 0 Å². The highest BCUT2D eigenvalue weighted by Gasteiger charge is 2.45. The van der Waals surface area contributed by atoms with Gasteiger partial charge >= 0.3 is 0 Å². The van der Waals surface area contributed by atoms with Gasteiger partial charge in [0.25, 0.3) is 0 Å². The van der Waals surface area contributed by atoms with Crippen molar-refractivity contribution < 1.29 is 4.42 Å². The molecule has 0 fully saturated rings. The molecule has 0 saturated carbocycles. The Morgan fingerprint density at radius 1 is 0.769 bits per heavy atom. The number of nitrogens with zero attached hydrogens (tertiary/aromatic N) is 3. The highest BCUT2D eigenvalue weighted by atomic mass is 16.4. The summed E-state index contributed by atoms with van der Waals surface area (Å²) in [6, 6.07) is 28.9. The molecule has 0 radical (unpaired) electrons. The molecule has 4 aliphatic carbocycles. The van der Waals surface area contributed by atoms with E-state index in [1.165, 1.54) is 33.7 Å². The number of aliphatic imine (C=N–C) groups is 1. The Labute approximate surface area is 305 Å². The van der Waals surface area contributed by atoms with E-state index in [9.17, 15) is 0 Å². The molecule has 2 aliphatic heterocycles. The molecule has 52 heavy (non-hydrogen) atoms. The van der Waals surface area contributed by atoms with Crippen LogP contribution in [0.25, 0.3) is 16.7 Å². The van der Waals surface area contributed by atoms with E-state index >= 15 is 0 Å². The van der Waals surface area contributed by atoms with Gasteiger partial charge in [0.1, 0.15) is 6.17 Å². The number of aromatic nitrogens is 1. The molecule has 10 rings (SSSR count). The fourth-order valence-electron chi connectivity index (χ4n) is 8.82. The van der Waals surface area contributed by atoms with Crippen molar-refractivity contribution in [3.8, 4) is 11.1 Å². The lowest BCUT2D eigenvalue weighted by Gasteiger charge is -2.33. The van der Waals surface area contributed by atoms with Crippen molar-refractivity contribution in [2.45, 2.75) is 63.1 Å². The Morgan fingerprint density at radius 2 is 1.62 bits per heavy atom. The summed E-state index contributed by atoms with van der Waals surface area (Å²) < 4.78 is 6.67. The summed E-state index contributed by atoms with van der Waals surface area (Å²) in [5, 5.41) is 3.79. The first-order valence-electron chi connectivity index (χ1n) is 19.0. The minimum absolute atomic E-state index is 0.193. The van der Waals surface area contributed by atoms with Gasteiger partial charge in [-0.3, -0.25) is 4.99 Å². The van der Waals surface area contributed by atoms with Crippen LogP contribution in [0.5, 0.6) is 0 Å². The van der Waals surface area contributed by atoms with Gasteiger partial charge < -0.3 is 14.6 Å². The lowest BCUT2D eigenvalue weighted by molar-refractivity contribution is 0.457. The van der Waals surface area contributed by atoms with Crippen LogP contribution in [-0.4, -0.2) is 16.7 Å². The second-order valence-electron chi connectivity index (χ2n) is 14.6. The van der Waals surface area contributed by atoms with E-state index in [0.717, 1.165) is 84.8 Å². The lowest BCUT2D eigenvalue weighted by atomic mass is 9.83. The topological polar surface area (TPSA) is 53.7 Å². The molecule has 3 aromatic carbocycles. The molecule has 4 aromatic rings. The minimum Gasteiger partial charge on any atom is -0.440 e. The molecule has 1 aromatic heterocycles. The highest BCUT2D eigenvalue weighted by Crippen LogP contribution is 2.51. The van der Waals surface area contributed by atoms with Gasteiger partial charge in [0.05, 0.1) is 17.3 Å². The molecule has 256 valence electrons. The van der Waals surface area contributed by atoms with Crippen molar-refractivity contribution in [3.05, 3.63) is 185 Å². The number of benzene rings is 3. The van der Waals surface area contributed by atoms with Crippen LogP contribution < -0.4 is 10.2 Å². The number of hydrogen-bond donors (Lipinski definition) is 1. The van der Waals surface area contributed by atoms with Gasteiger partial charge in [-0.05, 0) is 91.0 Å². The van der Waals surface area contributed by atoms with Crippen LogP contribution in [0.1, 0.15) is 79.1 Å². The predicted molar refractivity (Wildman–Crippen MR) is 211 cm³/mol. The van der Waals surface area contributed by atoms with Gasteiger partial charge in [-0.2, -0.15) is 0 Å². The zero-order valence-electron chi connectivity index (χ0n) is 29.3. The molecule has 6 aliphatic rings. The first-order chi connectivity index (χ1) is 25.8. The molecule has 3 heterocycles. The first kappa shape index (κ1) is 31.1. The second kappa shape index (κ2) is 13.1. The Morgan fingerprint density at radius 3 is 2.42 bits per heavy atom. The standard InChI is InChI=1S/C47H42N4O/c1-4-12-31(13-5-1)32-20-22-34(23-21-32)41-30-40(33-14-6-2-7-15-33)48-46(49-41)35-24-26-37(27-25-35)51-42-19-11-10-18-38(42)44-43(51)29-28-39-45(44)52-47(50-39)36-16-8-3-9-17-36/h1,3-6,8-10,12-16,18,20-27,30,36,38,42,46,48H,2,7,11,17,19,28-29H2. The summed E-state index contributed by atoms with van der Waals surface area (Å²) in [5.74, 6) is 2.41. The summed E-state index contributed by atoms with van der Waals surface area (Å²) in [6.45, 7) is 0. The van der Waals surface area contributed by atoms with E-state index in [-0.39, 0.29) is 12.1 Å². The average molecular weight is 679 g/mol. The summed E-state index contributed by atoms with van der Waals surface area (Å²) in [7, 11) is 0. The van der Waals surface area contributed by atoms with E-state index in [2.05, 4.69) is 150 Å². The number of aryl methyl sites for hydroxylation is 1. The van der Waals surface area contributed by atoms with Gasteiger partial charge in [0.2, 0.25) is 5.89 Å². The van der Waals surface area contributed by atoms with E-state index in [0.29, 0.717) is 12.0 Å². The van der Waals surface area contributed by atoms with Gasteiger partial charge in [-0.1, -0.05) is 121 Å². The molecular weight excluding hydrogens is 637 g/mol. The average Bonchev–Trinajstić information content (AvgIpc) is 3.82. The first-order valence-corrected chi connectivity index (χ1v) is 19.0. The second-order valence-corrected chi connectivity index (χ2v) is 14.6. The maximum atomic E-state index is 6.67. The van der Waals surface area contributed by atoms with Crippen LogP contribution in [0, 0.1) is 5.92 Å². The van der Waals surface area contributed by atoms with Gasteiger partial charge in [0.15, 0.2) is 5.76 Å². The van der Waals surface area contributed by atoms with Gasteiger partial charge in [-0.25, -0.2) is 4.98 Å². The quantitative estimate of drug-likeness (QED) is 0.206. The summed E-state index contributed by atoms with van der Waals surface area (Å²) in [5.41, 5.74) is 13.2. The zero-order valence-corrected chi connectivity index (χ0v) is 29.3. The molecule has 0 amide bonds. The highest BCUT2D eigenvalue weighted by molar-refractivity contribution is 6.10. The fourth-order valence-corrected chi connectivity index (χ4v) is 8.82. The monoisotopic (exact) mass is 678 g/mol. The number of allylic oxidation sites excluding steroid dienone is 10. The molecule has 0 bridgehead atoms. The van der Waals surface area contributed by atoms with E-state index in [4.69, 9.17) is 14.4 Å². The molecule has 1 N–H and O–H groups in total. The number of nitrogens with one attached hydrogen (secondary N) is 1. The molecule has 5 heteroatoms. The summed E-state index contributed by atoms with van der Waals surface area (Å²) in [6.07, 6.45) is 29.5. The van der Waals surface area contributed by atoms with Crippen molar-refractivity contribution in [1.82, 2.24) is 10.3 Å². The Balaban J connectivity index is 0.972. The van der Waals surface area contributed by atoms with E-state index in [1.54, 1.807) is 0 Å². The van der Waals surface area contributed by atoms with Gasteiger partial charge in [0, 0.05) is 34.6 Å². The number of hydrogen-bond acceptors (Lipinski definition) is 5. The Hall–Kier alpha value is -5.68. The van der Waals surface area contributed by atoms with E-state index in [1.807, 2.05) is 0 Å². The van der Waals surface area contributed by atoms with Crippen molar-refractivity contribution >= 4 is 17.0 Å². The number of fused-ring (bicyclic) bond motifs is 4. The van der Waals surface area contributed by atoms with Crippen LogP contribution in [0.15, 0.2) is 166 Å². The Bertz CT molecular complexity index is 2260. The number of anilines is 1. The number of rotatable bonds is 6. The van der Waals surface area contributed by atoms with Crippen molar-refractivity contribution in [1.29, 1.82) is 0 Å². The molecular formula is C47H42N4O. The number of oxazole rings is 1. The van der Waals surface area contributed by atoms with Crippen LogP contribution in [0.3, 0.4) is 0 Å². The lowest BCUT2D eigenvalue weighted by Crippen LogP contribution is -2.35. The minimum atomic E-state index is -0.193. The van der Waals surface area contributed by atoms with Crippen LogP contribution in [0.2, 0.25) is 0 Å². The molecule has 0 saturated heterocycles. The predicted octanol–water partition coefficient (Wildman–Crippen LogP) is 10.7. The normalized spacial score (nSPS) is 24.5. The third kappa shape index (κ3) is 5.56. The van der Waals surface area contributed by atoms with Crippen LogP contribution >= 0.6 is 0 Å². The molecule has 5 nitrogen and oxygen atoms in total. The third-order valence-corrected chi connectivity index (χ3v) is 11.4. The SMILES string of the molecule is C1=CCC(c2nc3c(o2)C2=C(CC3)N(c3ccc(C4N=C(c5ccc(-c6ccccc6)cc5)C=C(C5=CCCC=C5)N4)cc3)C3CCC=CC23)C=C1. The fraction of sp³-hybridized carbons (Fsp3) is 0.234. The smallest absolute Gasteiger partial charge is 0.202 e. The van der Waals surface area contributed by atoms with Crippen molar-refractivity contribution in [3.63, 3.8) is 0 Å². The molecule has 4 unspecified atom stereocenters. The van der Waals surface area contributed by atoms with Crippen LogP contribution in [-0.2, 0) is 6.42 Å². The van der Waals surface area contributed by atoms with Crippen LogP contribution in [0.4, 0.5) is 5.69 Å². The summed E-state index contributed by atoms with van der Waals surface area (Å²) >= 11 is 0. The van der Waals surface area contributed by atoms with Crippen molar-refractivity contribution in [2.24, 2.45) is 10.9 Å². The zero-order chi connectivity index (χ0) is 34.4. The molecule has 4 atom stereocenters. The maximum absolute atomic E-state index is 6.67. The maximum Gasteiger partial charge on any atom is 0.202 e.